The van der Waals surface area contributed by atoms with E-state index < -0.39 is 0 Å². The fourth-order valence-electron chi connectivity index (χ4n) is 4.12. The Kier molecular flexibility index (Phi) is 6.38. The largest absolute Gasteiger partial charge is 0.353 e. The molecule has 11 heteroatoms. The lowest BCUT2D eigenvalue weighted by atomic mass is 10.0. The molecular formula is C24H28N10O. The Morgan fingerprint density at radius 2 is 2.00 bits per heavy atom. The zero-order valence-electron chi connectivity index (χ0n) is 19.8. The van der Waals surface area contributed by atoms with Crippen molar-refractivity contribution in [3.05, 3.63) is 65.9 Å². The summed E-state index contributed by atoms with van der Waals surface area (Å²) in [5, 5.41) is 17.7. The lowest BCUT2D eigenvalue weighted by Crippen LogP contribution is -2.45. The number of carbonyl (C=O) groups is 1. The molecular weight excluding hydrogens is 444 g/mol. The van der Waals surface area contributed by atoms with Gasteiger partial charge in [0.2, 0.25) is 11.9 Å². The monoisotopic (exact) mass is 472 g/mol. The predicted octanol–water partition coefficient (Wildman–Crippen LogP) is 2.47. The highest BCUT2D eigenvalue weighted by Crippen LogP contribution is 2.21. The zero-order valence-corrected chi connectivity index (χ0v) is 19.8. The number of rotatable bonds is 7. The van der Waals surface area contributed by atoms with Crippen LogP contribution in [0.5, 0.6) is 0 Å². The Bertz CT molecular complexity index is 1270. The summed E-state index contributed by atoms with van der Waals surface area (Å²) >= 11 is 0. The van der Waals surface area contributed by atoms with Crippen LogP contribution in [0, 0.1) is 13.8 Å². The highest BCUT2D eigenvalue weighted by molar-refractivity contribution is 5.78. The lowest BCUT2D eigenvalue weighted by molar-refractivity contribution is -0.121. The first-order valence-corrected chi connectivity index (χ1v) is 11.7. The van der Waals surface area contributed by atoms with Crippen LogP contribution in [0.25, 0.3) is 5.82 Å². The van der Waals surface area contributed by atoms with Gasteiger partial charge in [-0.3, -0.25) is 9.89 Å². The van der Waals surface area contributed by atoms with Crippen LogP contribution in [0.15, 0.2) is 48.9 Å². The van der Waals surface area contributed by atoms with Crippen molar-refractivity contribution in [2.75, 3.05) is 23.3 Å². The molecule has 0 spiro atoms. The van der Waals surface area contributed by atoms with E-state index in [4.69, 9.17) is 0 Å². The number of pyridine rings is 1. The fraction of sp³-hybridized carbons (Fsp3) is 0.333. The molecule has 0 radical (unpaired) electrons. The summed E-state index contributed by atoms with van der Waals surface area (Å²) in [6.07, 6.45) is 7.23. The number of hydrogen-bond donors (Lipinski definition) is 3. The number of amides is 1. The SMILES string of the molecule is Cc1cc(Nc2cc(C)[nH]n2)nc(N2CCC(NC(=O)Cc3ccc(-n4cccn4)nc3)CC2)n1. The van der Waals surface area contributed by atoms with E-state index in [1.807, 2.05) is 50.4 Å². The molecule has 35 heavy (non-hydrogen) atoms. The maximum Gasteiger partial charge on any atom is 0.227 e. The summed E-state index contributed by atoms with van der Waals surface area (Å²) in [7, 11) is 0. The van der Waals surface area contributed by atoms with Crippen LogP contribution in [-0.4, -0.2) is 60.0 Å². The van der Waals surface area contributed by atoms with E-state index in [0.29, 0.717) is 18.2 Å². The van der Waals surface area contributed by atoms with E-state index in [0.717, 1.165) is 54.5 Å². The molecule has 1 aliphatic heterocycles. The van der Waals surface area contributed by atoms with Crippen molar-refractivity contribution in [2.24, 2.45) is 0 Å². The molecule has 1 fully saturated rings. The summed E-state index contributed by atoms with van der Waals surface area (Å²) in [4.78, 5) is 28.5. The number of hydrogen-bond acceptors (Lipinski definition) is 8. The third kappa shape index (κ3) is 5.62. The van der Waals surface area contributed by atoms with Crippen molar-refractivity contribution in [3.8, 4) is 5.82 Å². The van der Waals surface area contributed by atoms with E-state index in [1.165, 1.54) is 0 Å². The molecule has 3 N–H and O–H groups in total. The van der Waals surface area contributed by atoms with Crippen molar-refractivity contribution in [1.29, 1.82) is 0 Å². The van der Waals surface area contributed by atoms with Crippen LogP contribution in [0.3, 0.4) is 0 Å². The van der Waals surface area contributed by atoms with Gasteiger partial charge in [0.25, 0.3) is 0 Å². The first-order valence-electron chi connectivity index (χ1n) is 11.7. The average Bonchev–Trinajstić information content (AvgIpc) is 3.52. The van der Waals surface area contributed by atoms with E-state index >= 15 is 0 Å². The Morgan fingerprint density at radius 1 is 1.14 bits per heavy atom. The summed E-state index contributed by atoms with van der Waals surface area (Å²) in [5.41, 5.74) is 2.73. The van der Waals surface area contributed by atoms with E-state index in [1.54, 1.807) is 17.1 Å². The molecule has 5 rings (SSSR count). The van der Waals surface area contributed by atoms with E-state index in [-0.39, 0.29) is 11.9 Å². The number of aryl methyl sites for hydroxylation is 2. The third-order valence-corrected chi connectivity index (χ3v) is 5.86. The summed E-state index contributed by atoms with van der Waals surface area (Å²) in [5.74, 6) is 2.85. The Labute approximate surface area is 203 Å². The molecule has 1 amide bonds. The van der Waals surface area contributed by atoms with Gasteiger partial charge in [0, 0.05) is 61.2 Å². The Morgan fingerprint density at radius 3 is 2.69 bits per heavy atom. The second-order valence-electron chi connectivity index (χ2n) is 8.74. The van der Waals surface area contributed by atoms with Gasteiger partial charge in [-0.1, -0.05) is 6.07 Å². The van der Waals surface area contributed by atoms with Gasteiger partial charge in [-0.15, -0.1) is 0 Å². The van der Waals surface area contributed by atoms with E-state index in [9.17, 15) is 4.79 Å². The minimum Gasteiger partial charge on any atom is -0.353 e. The van der Waals surface area contributed by atoms with Crippen molar-refractivity contribution < 1.29 is 4.79 Å². The molecule has 0 aromatic carbocycles. The van der Waals surface area contributed by atoms with Gasteiger partial charge in [-0.2, -0.15) is 15.2 Å². The van der Waals surface area contributed by atoms with Gasteiger partial charge >= 0.3 is 0 Å². The maximum absolute atomic E-state index is 12.6. The first kappa shape index (κ1) is 22.5. The van der Waals surface area contributed by atoms with Gasteiger partial charge in [0.15, 0.2) is 11.6 Å². The number of aromatic nitrogens is 7. The molecule has 1 saturated heterocycles. The molecule has 4 aromatic rings. The smallest absolute Gasteiger partial charge is 0.227 e. The van der Waals surface area contributed by atoms with Crippen LogP contribution < -0.4 is 15.5 Å². The second-order valence-corrected chi connectivity index (χ2v) is 8.74. The number of piperidine rings is 1. The molecule has 4 aromatic heterocycles. The Hall–Kier alpha value is -4.28. The van der Waals surface area contributed by atoms with Gasteiger partial charge in [-0.05, 0) is 44.4 Å². The van der Waals surface area contributed by atoms with Crippen molar-refractivity contribution in [1.82, 2.24) is 40.2 Å². The summed E-state index contributed by atoms with van der Waals surface area (Å²) in [6.45, 7) is 5.45. The van der Waals surface area contributed by atoms with Gasteiger partial charge < -0.3 is 15.5 Å². The minimum atomic E-state index is 0.00433. The molecule has 11 nitrogen and oxygen atoms in total. The average molecular weight is 473 g/mol. The highest BCUT2D eigenvalue weighted by atomic mass is 16.1. The van der Waals surface area contributed by atoms with Crippen LogP contribution >= 0.6 is 0 Å². The molecule has 0 saturated carbocycles. The highest BCUT2D eigenvalue weighted by Gasteiger charge is 2.23. The molecule has 0 atom stereocenters. The number of nitrogens with zero attached hydrogens (tertiary/aromatic N) is 7. The number of carbonyl (C=O) groups excluding carboxylic acids is 1. The number of H-pyrrole nitrogens is 1. The fourth-order valence-corrected chi connectivity index (χ4v) is 4.12. The Balaban J connectivity index is 1.13. The zero-order chi connectivity index (χ0) is 24.2. The first-order chi connectivity index (χ1) is 17.0. The number of aromatic amines is 1. The summed E-state index contributed by atoms with van der Waals surface area (Å²) in [6, 6.07) is 9.58. The van der Waals surface area contributed by atoms with Gasteiger partial charge in [-0.25, -0.2) is 14.6 Å². The van der Waals surface area contributed by atoms with Crippen LogP contribution in [0.4, 0.5) is 17.6 Å². The van der Waals surface area contributed by atoms with Crippen LogP contribution in [0.2, 0.25) is 0 Å². The molecule has 1 aliphatic rings. The quantitative estimate of drug-likeness (QED) is 0.374. The summed E-state index contributed by atoms with van der Waals surface area (Å²) < 4.78 is 1.69. The molecule has 180 valence electrons. The minimum absolute atomic E-state index is 0.00433. The van der Waals surface area contributed by atoms with Crippen molar-refractivity contribution >= 4 is 23.5 Å². The maximum atomic E-state index is 12.6. The van der Waals surface area contributed by atoms with Crippen LogP contribution in [0.1, 0.15) is 29.8 Å². The molecule has 5 heterocycles. The third-order valence-electron chi connectivity index (χ3n) is 5.86. The second kappa shape index (κ2) is 9.92. The molecule has 0 aliphatic carbocycles. The molecule has 0 unspecified atom stereocenters. The predicted molar refractivity (Wildman–Crippen MR) is 132 cm³/mol. The molecule has 0 bridgehead atoms. The topological polar surface area (TPSA) is 130 Å². The van der Waals surface area contributed by atoms with Gasteiger partial charge in [0.1, 0.15) is 5.82 Å². The van der Waals surface area contributed by atoms with Crippen molar-refractivity contribution in [3.63, 3.8) is 0 Å². The number of nitrogens with one attached hydrogen (secondary N) is 3. The normalized spacial score (nSPS) is 14.2. The van der Waals surface area contributed by atoms with Crippen LogP contribution in [-0.2, 0) is 11.2 Å². The number of anilines is 3. The standard InChI is InChI=1S/C24H28N10O/c1-16-12-20(29-21-13-17(2)31-32-21)30-24(27-16)33-10-6-19(7-11-33)28-23(35)14-18-4-5-22(25-15-18)34-9-3-8-26-34/h3-5,8-9,12-13,15,19H,6-7,10-11,14H2,1-2H3,(H,28,35)(H2,27,29,30,31,32). The lowest BCUT2D eigenvalue weighted by Gasteiger charge is -2.32. The van der Waals surface area contributed by atoms with E-state index in [2.05, 4.69) is 45.8 Å². The van der Waals surface area contributed by atoms with Gasteiger partial charge in [0.05, 0.1) is 6.42 Å². The van der Waals surface area contributed by atoms with Crippen molar-refractivity contribution in [2.45, 2.75) is 39.2 Å².